The van der Waals surface area contributed by atoms with Crippen molar-refractivity contribution in [2.45, 2.75) is 13.0 Å². The monoisotopic (exact) mass is 495 g/mol. The van der Waals surface area contributed by atoms with Gasteiger partial charge in [-0.05, 0) is 24.6 Å². The van der Waals surface area contributed by atoms with E-state index in [2.05, 4.69) is 4.99 Å². The number of carbonyl (C=O) groups excluding carboxylic acids is 1. The first-order chi connectivity index (χ1) is 16.8. The van der Waals surface area contributed by atoms with E-state index in [0.29, 0.717) is 16.1 Å². The maximum atomic E-state index is 13.6. The fraction of sp³-hybridized carbons (Fsp3) is 0.208. The molecule has 1 aliphatic rings. The molecular formula is C24H21N3O7S. The predicted molar refractivity (Wildman–Crippen MR) is 128 cm³/mol. The number of aromatic nitrogens is 1. The maximum Gasteiger partial charge on any atom is 0.338 e. The Labute approximate surface area is 203 Å². The van der Waals surface area contributed by atoms with Gasteiger partial charge in [-0.2, -0.15) is 0 Å². The number of allylic oxidation sites excluding steroid dienone is 1. The fourth-order valence-electron chi connectivity index (χ4n) is 3.94. The molecule has 1 unspecified atom stereocenters. The summed E-state index contributed by atoms with van der Waals surface area (Å²) in [5.74, 6) is -0.117. The molecule has 0 saturated carbocycles. The molecule has 1 aromatic heterocycles. The number of methoxy groups -OCH3 is 3. The highest BCUT2D eigenvalue weighted by atomic mass is 32.1. The van der Waals surface area contributed by atoms with Crippen LogP contribution in [0.3, 0.4) is 0 Å². The number of ether oxygens (including phenoxy) is 3. The molecule has 0 spiro atoms. The average Bonchev–Trinajstić information content (AvgIpc) is 3.16. The minimum Gasteiger partial charge on any atom is -0.493 e. The van der Waals surface area contributed by atoms with Crippen LogP contribution in [0.2, 0.25) is 0 Å². The number of carbonyl (C=O) groups is 1. The first-order valence-corrected chi connectivity index (χ1v) is 11.2. The van der Waals surface area contributed by atoms with Crippen LogP contribution in [-0.2, 0) is 9.53 Å². The molecule has 0 amide bonds. The van der Waals surface area contributed by atoms with Crippen LogP contribution in [0.25, 0.3) is 6.08 Å². The highest BCUT2D eigenvalue weighted by Gasteiger charge is 2.33. The van der Waals surface area contributed by atoms with Crippen molar-refractivity contribution in [3.05, 3.63) is 94.7 Å². The molecule has 1 atom stereocenters. The first-order valence-electron chi connectivity index (χ1n) is 10.4. The van der Waals surface area contributed by atoms with Crippen molar-refractivity contribution in [1.29, 1.82) is 0 Å². The molecule has 0 fully saturated rings. The Morgan fingerprint density at radius 1 is 1.14 bits per heavy atom. The number of hydrogen-bond donors (Lipinski definition) is 0. The quantitative estimate of drug-likeness (QED) is 0.292. The molecule has 11 heteroatoms. The normalized spacial score (nSPS) is 15.3. The maximum absolute atomic E-state index is 13.6. The second-order valence-electron chi connectivity index (χ2n) is 7.51. The second-order valence-corrected chi connectivity index (χ2v) is 8.52. The van der Waals surface area contributed by atoms with Gasteiger partial charge in [0.05, 0.1) is 59.7 Å². The second kappa shape index (κ2) is 9.55. The Morgan fingerprint density at radius 3 is 2.40 bits per heavy atom. The van der Waals surface area contributed by atoms with Gasteiger partial charge in [0.2, 0.25) is 0 Å². The van der Waals surface area contributed by atoms with Crippen LogP contribution in [0.15, 0.2) is 63.5 Å². The number of nitro groups is 1. The molecule has 0 saturated heterocycles. The summed E-state index contributed by atoms with van der Waals surface area (Å²) in [4.78, 5) is 42.3. The zero-order valence-electron chi connectivity index (χ0n) is 19.3. The number of fused-ring (bicyclic) bond motifs is 1. The lowest BCUT2D eigenvalue weighted by atomic mass is 9.96. The third-order valence-corrected chi connectivity index (χ3v) is 6.54. The van der Waals surface area contributed by atoms with Crippen LogP contribution in [0, 0.1) is 10.1 Å². The zero-order valence-corrected chi connectivity index (χ0v) is 20.1. The van der Waals surface area contributed by atoms with Gasteiger partial charge in [-0.15, -0.1) is 0 Å². The minimum atomic E-state index is -0.762. The average molecular weight is 496 g/mol. The van der Waals surface area contributed by atoms with Crippen LogP contribution in [0.1, 0.15) is 24.1 Å². The van der Waals surface area contributed by atoms with Crippen molar-refractivity contribution < 1.29 is 23.9 Å². The number of nitro benzene ring substituents is 1. The van der Waals surface area contributed by atoms with Crippen molar-refractivity contribution in [1.82, 2.24) is 4.57 Å². The lowest BCUT2D eigenvalue weighted by Crippen LogP contribution is -2.39. The van der Waals surface area contributed by atoms with Crippen molar-refractivity contribution in [3.8, 4) is 11.5 Å². The number of hydrogen-bond acceptors (Lipinski definition) is 9. The van der Waals surface area contributed by atoms with Gasteiger partial charge in [0.25, 0.3) is 11.2 Å². The summed E-state index contributed by atoms with van der Waals surface area (Å²) >= 11 is 1.07. The Balaban J connectivity index is 2.00. The standard InChI is InChI=1S/C24H21N3O7S/c1-13-20(23(29)34-4)21(14-8-6-5-7-9-14)26-22(28)19(35-24(26)25-13)11-15-10-17(32-2)18(33-3)12-16(15)27(30)31/h5-12,21H,1-4H3/b19-11-. The van der Waals surface area contributed by atoms with Crippen LogP contribution in [0.4, 0.5) is 5.69 Å². The summed E-state index contributed by atoms with van der Waals surface area (Å²) in [5, 5.41) is 11.7. The molecule has 1 aliphatic heterocycles. The smallest absolute Gasteiger partial charge is 0.338 e. The summed E-state index contributed by atoms with van der Waals surface area (Å²) in [6.45, 7) is 1.68. The predicted octanol–water partition coefficient (Wildman–Crippen LogP) is 2.33. The zero-order chi connectivity index (χ0) is 25.3. The van der Waals surface area contributed by atoms with Gasteiger partial charge in [0.15, 0.2) is 16.3 Å². The van der Waals surface area contributed by atoms with Crippen molar-refractivity contribution in [2.75, 3.05) is 21.3 Å². The molecule has 35 heavy (non-hydrogen) atoms. The Morgan fingerprint density at radius 2 is 1.80 bits per heavy atom. The van der Waals surface area contributed by atoms with Gasteiger partial charge >= 0.3 is 5.97 Å². The largest absolute Gasteiger partial charge is 0.493 e. The summed E-state index contributed by atoms with van der Waals surface area (Å²) in [6.07, 6.45) is 1.42. The highest BCUT2D eigenvalue weighted by Crippen LogP contribution is 2.35. The van der Waals surface area contributed by atoms with E-state index in [4.69, 9.17) is 14.2 Å². The summed E-state index contributed by atoms with van der Waals surface area (Å²) in [7, 11) is 4.06. The van der Waals surface area contributed by atoms with Crippen molar-refractivity contribution in [2.24, 2.45) is 4.99 Å². The SMILES string of the molecule is COC(=O)C1=C(C)N=c2s/c(=C\c3cc(OC)c(OC)cc3[N+](=O)[O-])c(=O)n2C1c1ccccc1. The molecule has 3 aromatic rings. The Kier molecular flexibility index (Phi) is 6.52. The lowest BCUT2D eigenvalue weighted by molar-refractivity contribution is -0.385. The summed E-state index contributed by atoms with van der Waals surface area (Å²) in [5.41, 5.74) is 0.843. The van der Waals surface area contributed by atoms with E-state index in [1.165, 1.54) is 44.1 Å². The van der Waals surface area contributed by atoms with Crippen LogP contribution >= 0.6 is 11.3 Å². The van der Waals surface area contributed by atoms with Gasteiger partial charge in [0, 0.05) is 0 Å². The first kappa shape index (κ1) is 23.9. The lowest BCUT2D eigenvalue weighted by Gasteiger charge is -2.24. The summed E-state index contributed by atoms with van der Waals surface area (Å²) in [6, 6.07) is 11.0. The van der Waals surface area contributed by atoms with Crippen LogP contribution < -0.4 is 24.4 Å². The van der Waals surface area contributed by atoms with E-state index in [1.54, 1.807) is 6.92 Å². The number of thiazole rings is 1. The number of nitrogens with zero attached hydrogens (tertiary/aromatic N) is 3. The molecule has 2 heterocycles. The van der Waals surface area contributed by atoms with E-state index < -0.39 is 22.5 Å². The molecule has 0 aliphatic carbocycles. The molecule has 0 N–H and O–H groups in total. The number of esters is 1. The van der Waals surface area contributed by atoms with Gasteiger partial charge in [-0.1, -0.05) is 41.7 Å². The third-order valence-electron chi connectivity index (χ3n) is 5.56. The minimum absolute atomic E-state index is 0.165. The Bertz CT molecular complexity index is 1540. The van der Waals surface area contributed by atoms with Crippen molar-refractivity contribution in [3.63, 3.8) is 0 Å². The molecule has 2 aromatic carbocycles. The van der Waals surface area contributed by atoms with E-state index >= 15 is 0 Å². The van der Waals surface area contributed by atoms with Gasteiger partial charge in [-0.25, -0.2) is 9.79 Å². The molecule has 0 bridgehead atoms. The van der Waals surface area contributed by atoms with Crippen LogP contribution in [-0.4, -0.2) is 36.8 Å². The van der Waals surface area contributed by atoms with Crippen LogP contribution in [0.5, 0.6) is 11.5 Å². The number of rotatable bonds is 6. The van der Waals surface area contributed by atoms with E-state index in [0.717, 1.165) is 11.3 Å². The fourth-order valence-corrected chi connectivity index (χ4v) is 4.98. The molecule has 180 valence electrons. The molecule has 4 rings (SSSR count). The van der Waals surface area contributed by atoms with E-state index in [1.807, 2.05) is 30.3 Å². The molecular weight excluding hydrogens is 474 g/mol. The van der Waals surface area contributed by atoms with Gasteiger partial charge in [0.1, 0.15) is 0 Å². The molecule has 0 radical (unpaired) electrons. The van der Waals surface area contributed by atoms with E-state index in [9.17, 15) is 19.7 Å². The summed E-state index contributed by atoms with van der Waals surface area (Å²) < 4.78 is 17.1. The topological polar surface area (TPSA) is 122 Å². The van der Waals surface area contributed by atoms with Gasteiger partial charge < -0.3 is 14.2 Å². The Hall–Kier alpha value is -4.25. The van der Waals surface area contributed by atoms with Gasteiger partial charge in [-0.3, -0.25) is 19.5 Å². The third kappa shape index (κ3) is 4.21. The number of benzene rings is 2. The molecule has 10 nitrogen and oxygen atoms in total. The van der Waals surface area contributed by atoms with E-state index in [-0.39, 0.29) is 32.9 Å². The highest BCUT2D eigenvalue weighted by molar-refractivity contribution is 7.07. The van der Waals surface area contributed by atoms with Crippen molar-refractivity contribution >= 4 is 29.1 Å².